The first-order valence-corrected chi connectivity index (χ1v) is 11.7. The van der Waals surface area contributed by atoms with E-state index in [4.69, 9.17) is 4.74 Å². The van der Waals surface area contributed by atoms with Crippen LogP contribution in [0.5, 0.6) is 5.75 Å². The number of halogens is 1. The fraction of sp³-hybridized carbons (Fsp3) is 0.364. The maximum Gasteiger partial charge on any atom is 0.253 e. The number of hydrogen-bond acceptors (Lipinski definition) is 4. The molecule has 29 heavy (non-hydrogen) atoms. The van der Waals surface area contributed by atoms with Gasteiger partial charge in [-0.3, -0.25) is 9.59 Å². The molecule has 2 amide bonds. The maximum atomic E-state index is 12.8. The van der Waals surface area contributed by atoms with Crippen LogP contribution in [0, 0.1) is 0 Å². The van der Waals surface area contributed by atoms with Gasteiger partial charge in [0.2, 0.25) is 5.91 Å². The van der Waals surface area contributed by atoms with Crippen molar-refractivity contribution in [3.8, 4) is 5.75 Å². The molecule has 156 valence electrons. The molecule has 0 saturated heterocycles. The topological polar surface area (TPSA) is 67.4 Å². The number of rotatable bonds is 10. The summed E-state index contributed by atoms with van der Waals surface area (Å²) in [5.41, 5.74) is 1.40. The Bertz CT molecular complexity index is 829. The molecule has 0 heterocycles. The van der Waals surface area contributed by atoms with Crippen molar-refractivity contribution >= 4 is 39.5 Å². The van der Waals surface area contributed by atoms with Crippen LogP contribution in [0.4, 0.5) is 0 Å². The molecule has 0 fully saturated rings. The molecule has 1 atom stereocenters. The van der Waals surface area contributed by atoms with E-state index in [1.165, 1.54) is 0 Å². The van der Waals surface area contributed by atoms with Gasteiger partial charge in [0, 0.05) is 16.6 Å². The Labute approximate surface area is 185 Å². The number of thioether (sulfide) groups is 1. The van der Waals surface area contributed by atoms with Crippen molar-refractivity contribution in [3.05, 3.63) is 64.1 Å². The summed E-state index contributed by atoms with van der Waals surface area (Å²) in [4.78, 5) is 25.5. The molecule has 0 aliphatic heterocycles. The Morgan fingerprint density at radius 2 is 1.79 bits per heavy atom. The molecule has 2 rings (SSSR count). The van der Waals surface area contributed by atoms with Gasteiger partial charge < -0.3 is 15.4 Å². The first-order chi connectivity index (χ1) is 13.9. The fourth-order valence-corrected chi connectivity index (χ4v) is 3.65. The van der Waals surface area contributed by atoms with Gasteiger partial charge in [-0.25, -0.2) is 0 Å². The summed E-state index contributed by atoms with van der Waals surface area (Å²) in [6.45, 7) is 4.26. The normalized spacial score (nSPS) is 11.8. The first kappa shape index (κ1) is 23.3. The smallest absolute Gasteiger partial charge is 0.253 e. The van der Waals surface area contributed by atoms with Crippen LogP contribution in [0.3, 0.4) is 0 Å². The summed E-state index contributed by atoms with van der Waals surface area (Å²) in [6, 6.07) is 14.2. The third kappa shape index (κ3) is 7.40. The number of para-hydroxylation sites is 1. The van der Waals surface area contributed by atoms with Crippen molar-refractivity contribution in [3.63, 3.8) is 0 Å². The predicted molar refractivity (Wildman–Crippen MR) is 122 cm³/mol. The zero-order valence-electron chi connectivity index (χ0n) is 16.9. The highest BCUT2D eigenvalue weighted by Gasteiger charge is 2.22. The zero-order chi connectivity index (χ0) is 21.2. The largest absolute Gasteiger partial charge is 0.491 e. The van der Waals surface area contributed by atoms with Gasteiger partial charge in [-0.1, -0.05) is 30.3 Å². The van der Waals surface area contributed by atoms with Crippen LogP contribution in [-0.4, -0.2) is 36.0 Å². The van der Waals surface area contributed by atoms with Crippen molar-refractivity contribution < 1.29 is 14.3 Å². The molecule has 0 aliphatic carbocycles. The maximum absolute atomic E-state index is 12.8. The van der Waals surface area contributed by atoms with E-state index in [1.807, 2.05) is 50.4 Å². The molecule has 5 nitrogen and oxygen atoms in total. The van der Waals surface area contributed by atoms with E-state index < -0.39 is 6.04 Å². The lowest BCUT2D eigenvalue weighted by Gasteiger charge is -2.20. The lowest BCUT2D eigenvalue weighted by Crippen LogP contribution is -2.47. The van der Waals surface area contributed by atoms with Crippen LogP contribution in [0.1, 0.15) is 36.2 Å². The van der Waals surface area contributed by atoms with Crippen LogP contribution < -0.4 is 15.4 Å². The average Bonchev–Trinajstić information content (AvgIpc) is 2.70. The number of benzene rings is 2. The van der Waals surface area contributed by atoms with Crippen LogP contribution in [0.2, 0.25) is 0 Å². The fourth-order valence-electron chi connectivity index (χ4n) is 2.71. The van der Waals surface area contributed by atoms with Gasteiger partial charge in [0.05, 0.1) is 11.7 Å². The molecule has 2 aromatic rings. The van der Waals surface area contributed by atoms with E-state index in [2.05, 4.69) is 26.6 Å². The Hall–Kier alpha value is -1.99. The van der Waals surface area contributed by atoms with Crippen molar-refractivity contribution in [2.45, 2.75) is 39.0 Å². The van der Waals surface area contributed by atoms with Crippen molar-refractivity contribution in [2.75, 3.05) is 12.0 Å². The highest BCUT2D eigenvalue weighted by atomic mass is 79.9. The van der Waals surface area contributed by atoms with E-state index >= 15 is 0 Å². The number of hydrogen-bond donors (Lipinski definition) is 2. The molecule has 2 N–H and O–H groups in total. The lowest BCUT2D eigenvalue weighted by atomic mass is 10.1. The van der Waals surface area contributed by atoms with Gasteiger partial charge in [0.15, 0.2) is 0 Å². The van der Waals surface area contributed by atoms with Gasteiger partial charge in [-0.2, -0.15) is 11.8 Å². The van der Waals surface area contributed by atoms with Gasteiger partial charge in [-0.05, 0) is 66.4 Å². The summed E-state index contributed by atoms with van der Waals surface area (Å²) in [6.07, 6.45) is 2.57. The average molecular weight is 479 g/mol. The van der Waals surface area contributed by atoms with Crippen LogP contribution in [0.25, 0.3) is 0 Å². The monoisotopic (exact) mass is 478 g/mol. The minimum absolute atomic E-state index is 0.0461. The van der Waals surface area contributed by atoms with E-state index in [9.17, 15) is 9.59 Å². The molecule has 1 unspecified atom stereocenters. The number of amides is 2. The lowest BCUT2D eigenvalue weighted by molar-refractivity contribution is -0.123. The van der Waals surface area contributed by atoms with E-state index in [0.29, 0.717) is 23.0 Å². The van der Waals surface area contributed by atoms with Crippen LogP contribution in [-0.2, 0) is 11.3 Å². The first-order valence-electron chi connectivity index (χ1n) is 9.49. The Morgan fingerprint density at radius 3 is 2.48 bits per heavy atom. The Morgan fingerprint density at radius 1 is 1.10 bits per heavy atom. The summed E-state index contributed by atoms with van der Waals surface area (Å²) in [7, 11) is 0. The number of carbonyl (C=O) groups excluding carboxylic acids is 2. The SMILES string of the molecule is CSCCC(NC(=O)c1ccccc1Br)C(=O)NCc1ccccc1OC(C)C. The number of carbonyl (C=O) groups is 2. The third-order valence-corrected chi connectivity index (χ3v) is 5.47. The molecule has 2 aromatic carbocycles. The van der Waals surface area contributed by atoms with Gasteiger partial charge in [0.1, 0.15) is 11.8 Å². The molecular formula is C22H27BrN2O3S. The Kier molecular flexibility index (Phi) is 9.54. The zero-order valence-corrected chi connectivity index (χ0v) is 19.3. The van der Waals surface area contributed by atoms with Crippen molar-refractivity contribution in [2.24, 2.45) is 0 Å². The Balaban J connectivity index is 2.05. The molecule has 0 spiro atoms. The van der Waals surface area contributed by atoms with Gasteiger partial charge >= 0.3 is 0 Å². The second-order valence-electron chi connectivity index (χ2n) is 6.78. The molecule has 0 aliphatic rings. The molecule has 7 heteroatoms. The number of ether oxygens (including phenoxy) is 1. The van der Waals surface area contributed by atoms with E-state index in [0.717, 1.165) is 17.1 Å². The molecular weight excluding hydrogens is 452 g/mol. The van der Waals surface area contributed by atoms with E-state index in [1.54, 1.807) is 30.0 Å². The molecule has 0 bridgehead atoms. The number of nitrogens with one attached hydrogen (secondary N) is 2. The second kappa shape index (κ2) is 11.9. The highest BCUT2D eigenvalue weighted by Crippen LogP contribution is 2.19. The summed E-state index contributed by atoms with van der Waals surface area (Å²) in [5, 5.41) is 5.80. The third-order valence-electron chi connectivity index (χ3n) is 4.14. The standard InChI is InChI=1S/C22H27BrN2O3S/c1-15(2)28-20-11-7-4-8-16(20)14-24-22(27)19(12-13-29-3)25-21(26)17-9-5-6-10-18(17)23/h4-11,15,19H,12-14H2,1-3H3,(H,24,27)(H,25,26). The van der Waals surface area contributed by atoms with Crippen LogP contribution >= 0.6 is 27.7 Å². The van der Waals surface area contributed by atoms with Crippen molar-refractivity contribution in [1.29, 1.82) is 0 Å². The molecule has 0 saturated carbocycles. The highest BCUT2D eigenvalue weighted by molar-refractivity contribution is 9.10. The molecule has 0 aromatic heterocycles. The van der Waals surface area contributed by atoms with Crippen molar-refractivity contribution in [1.82, 2.24) is 10.6 Å². The van der Waals surface area contributed by atoms with Gasteiger partial charge in [-0.15, -0.1) is 0 Å². The predicted octanol–water partition coefficient (Wildman–Crippen LogP) is 4.40. The minimum Gasteiger partial charge on any atom is -0.491 e. The van der Waals surface area contributed by atoms with Crippen LogP contribution in [0.15, 0.2) is 53.0 Å². The summed E-state index contributed by atoms with van der Waals surface area (Å²) < 4.78 is 6.50. The van der Waals surface area contributed by atoms with E-state index in [-0.39, 0.29) is 17.9 Å². The minimum atomic E-state index is -0.611. The van der Waals surface area contributed by atoms with Gasteiger partial charge in [0.25, 0.3) is 5.91 Å². The second-order valence-corrected chi connectivity index (χ2v) is 8.62. The summed E-state index contributed by atoms with van der Waals surface area (Å²) >= 11 is 5.02. The quantitative estimate of drug-likeness (QED) is 0.530. The summed E-state index contributed by atoms with van der Waals surface area (Å²) in [5.74, 6) is 1.03. The molecule has 0 radical (unpaired) electrons.